The second-order valence-electron chi connectivity index (χ2n) is 5.68. The fraction of sp³-hybridized carbons (Fsp3) is 0.556. The van der Waals surface area contributed by atoms with Crippen LogP contribution in [0.25, 0.3) is 6.08 Å². The maximum atomic E-state index is 3.34. The van der Waals surface area contributed by atoms with Gasteiger partial charge >= 0.3 is 0 Å². The molecule has 1 aliphatic rings. The van der Waals surface area contributed by atoms with Crippen molar-refractivity contribution < 1.29 is 0 Å². The summed E-state index contributed by atoms with van der Waals surface area (Å²) in [4.78, 5) is 0. The highest BCUT2D eigenvalue weighted by atomic mass is 14.8. The van der Waals surface area contributed by atoms with Gasteiger partial charge in [-0.1, -0.05) is 62.1 Å². The number of nitrogens with one attached hydrogen (secondary N) is 1. The molecule has 2 rings (SSSR count). The highest BCUT2D eigenvalue weighted by Gasteiger charge is 2.17. The Kier molecular flexibility index (Phi) is 5.65. The van der Waals surface area contributed by atoms with Crippen LogP contribution in [-0.4, -0.2) is 13.6 Å². The molecule has 0 saturated heterocycles. The molecule has 0 amide bonds. The zero-order valence-electron chi connectivity index (χ0n) is 12.4. The first kappa shape index (κ1) is 14.3. The zero-order valence-corrected chi connectivity index (χ0v) is 12.4. The van der Waals surface area contributed by atoms with E-state index in [4.69, 9.17) is 0 Å². The van der Waals surface area contributed by atoms with E-state index >= 15 is 0 Å². The molecule has 0 aliphatic heterocycles. The fourth-order valence-corrected chi connectivity index (χ4v) is 3.05. The quantitative estimate of drug-likeness (QED) is 0.822. The van der Waals surface area contributed by atoms with Gasteiger partial charge in [0.1, 0.15) is 0 Å². The van der Waals surface area contributed by atoms with E-state index in [1.54, 1.807) is 5.57 Å². The van der Waals surface area contributed by atoms with Crippen LogP contribution in [0.15, 0.2) is 29.8 Å². The Balaban J connectivity index is 2.13. The molecule has 1 aromatic carbocycles. The Morgan fingerprint density at radius 3 is 2.42 bits per heavy atom. The Hall–Kier alpha value is -1.08. The number of hydrogen-bond donors (Lipinski definition) is 1. The summed E-state index contributed by atoms with van der Waals surface area (Å²) in [6, 6.07) is 9.03. The maximum absolute atomic E-state index is 3.34. The summed E-state index contributed by atoms with van der Waals surface area (Å²) in [5.41, 5.74) is 4.37. The molecule has 104 valence electrons. The van der Waals surface area contributed by atoms with E-state index in [1.807, 2.05) is 0 Å². The number of hydrogen-bond acceptors (Lipinski definition) is 1. The molecule has 0 atom stereocenters. The van der Waals surface area contributed by atoms with E-state index in [0.717, 1.165) is 18.9 Å². The van der Waals surface area contributed by atoms with Gasteiger partial charge in [-0.05, 0) is 43.4 Å². The molecule has 1 N–H and O–H groups in total. The minimum absolute atomic E-state index is 0.798. The summed E-state index contributed by atoms with van der Waals surface area (Å²) in [5.74, 6) is 0.798. The van der Waals surface area contributed by atoms with Crippen molar-refractivity contribution in [2.24, 2.45) is 5.92 Å². The Morgan fingerprint density at radius 2 is 1.84 bits per heavy atom. The predicted molar refractivity (Wildman–Crippen MR) is 84.3 cm³/mol. The molecule has 1 aromatic rings. The van der Waals surface area contributed by atoms with Crippen molar-refractivity contribution in [3.05, 3.63) is 41.0 Å². The summed E-state index contributed by atoms with van der Waals surface area (Å²) in [6.07, 6.45) is 10.5. The van der Waals surface area contributed by atoms with Crippen molar-refractivity contribution in [2.45, 2.75) is 45.4 Å². The SMILES string of the molecule is CCc1ccc(C=C(CNC)C2CCCCC2)cc1. The molecule has 0 bridgehead atoms. The zero-order chi connectivity index (χ0) is 13.5. The van der Waals surface area contributed by atoms with Crippen LogP contribution in [0, 0.1) is 5.92 Å². The molecule has 0 unspecified atom stereocenters. The third-order valence-corrected chi connectivity index (χ3v) is 4.25. The second kappa shape index (κ2) is 7.49. The van der Waals surface area contributed by atoms with Crippen LogP contribution >= 0.6 is 0 Å². The van der Waals surface area contributed by atoms with Gasteiger partial charge in [-0.2, -0.15) is 0 Å². The summed E-state index contributed by atoms with van der Waals surface area (Å²) in [6.45, 7) is 3.24. The van der Waals surface area contributed by atoms with Crippen LogP contribution in [0.1, 0.15) is 50.2 Å². The van der Waals surface area contributed by atoms with Gasteiger partial charge in [-0.25, -0.2) is 0 Å². The summed E-state index contributed by atoms with van der Waals surface area (Å²) in [5, 5.41) is 3.34. The van der Waals surface area contributed by atoms with E-state index < -0.39 is 0 Å². The second-order valence-corrected chi connectivity index (χ2v) is 5.68. The smallest absolute Gasteiger partial charge is 0.0167 e. The van der Waals surface area contributed by atoms with Crippen LogP contribution in [0.4, 0.5) is 0 Å². The van der Waals surface area contributed by atoms with Gasteiger partial charge in [-0.3, -0.25) is 0 Å². The third kappa shape index (κ3) is 4.21. The number of rotatable bonds is 5. The first-order valence-electron chi connectivity index (χ1n) is 7.77. The maximum Gasteiger partial charge on any atom is 0.0167 e. The normalized spacial score (nSPS) is 17.7. The third-order valence-electron chi connectivity index (χ3n) is 4.25. The standard InChI is InChI=1S/C18H27N/c1-3-15-9-11-16(12-10-15)13-18(14-19-2)17-7-5-4-6-8-17/h9-13,17,19H,3-8,14H2,1-2H3. The lowest BCUT2D eigenvalue weighted by molar-refractivity contribution is 0.398. The Bertz CT molecular complexity index is 396. The van der Waals surface area contributed by atoms with E-state index in [1.165, 1.54) is 43.2 Å². The predicted octanol–water partition coefficient (Wildman–Crippen LogP) is 4.43. The van der Waals surface area contributed by atoms with Gasteiger partial charge in [0.25, 0.3) is 0 Å². The molecule has 1 aliphatic carbocycles. The highest BCUT2D eigenvalue weighted by molar-refractivity contribution is 5.54. The monoisotopic (exact) mass is 257 g/mol. The van der Waals surface area contributed by atoms with Gasteiger partial charge in [0.15, 0.2) is 0 Å². The van der Waals surface area contributed by atoms with Gasteiger partial charge < -0.3 is 5.32 Å². The van der Waals surface area contributed by atoms with Gasteiger partial charge in [-0.15, -0.1) is 0 Å². The number of likely N-dealkylation sites (N-methyl/N-ethyl adjacent to an activating group) is 1. The van der Waals surface area contributed by atoms with Gasteiger partial charge in [0.2, 0.25) is 0 Å². The number of aryl methyl sites for hydroxylation is 1. The fourth-order valence-electron chi connectivity index (χ4n) is 3.05. The van der Waals surface area contributed by atoms with Crippen LogP contribution in [0.2, 0.25) is 0 Å². The molecular weight excluding hydrogens is 230 g/mol. The average molecular weight is 257 g/mol. The summed E-state index contributed by atoms with van der Waals surface area (Å²) in [7, 11) is 2.05. The largest absolute Gasteiger partial charge is 0.316 e. The topological polar surface area (TPSA) is 12.0 Å². The van der Waals surface area contributed by atoms with Gasteiger partial charge in [0.05, 0.1) is 0 Å². The first-order chi connectivity index (χ1) is 9.33. The molecule has 0 spiro atoms. The molecule has 1 fully saturated rings. The van der Waals surface area contributed by atoms with Crippen molar-refractivity contribution >= 4 is 6.08 Å². The van der Waals surface area contributed by atoms with E-state index in [-0.39, 0.29) is 0 Å². The lowest BCUT2D eigenvalue weighted by Gasteiger charge is -2.24. The minimum Gasteiger partial charge on any atom is -0.316 e. The molecule has 1 heteroatoms. The molecule has 1 saturated carbocycles. The van der Waals surface area contributed by atoms with Crippen molar-refractivity contribution in [3.8, 4) is 0 Å². The van der Waals surface area contributed by atoms with Gasteiger partial charge in [0, 0.05) is 6.54 Å². The minimum atomic E-state index is 0.798. The molecule has 19 heavy (non-hydrogen) atoms. The molecule has 0 heterocycles. The average Bonchev–Trinajstić information content (AvgIpc) is 2.48. The van der Waals surface area contributed by atoms with Crippen LogP contribution in [-0.2, 0) is 6.42 Å². The van der Waals surface area contributed by atoms with Crippen molar-refractivity contribution in [3.63, 3.8) is 0 Å². The first-order valence-corrected chi connectivity index (χ1v) is 7.77. The lowest BCUT2D eigenvalue weighted by atomic mass is 9.83. The van der Waals surface area contributed by atoms with Crippen molar-refractivity contribution in [1.29, 1.82) is 0 Å². The molecule has 0 aromatic heterocycles. The van der Waals surface area contributed by atoms with Crippen LogP contribution in [0.5, 0.6) is 0 Å². The summed E-state index contributed by atoms with van der Waals surface area (Å²) < 4.78 is 0. The lowest BCUT2D eigenvalue weighted by Crippen LogP contribution is -2.19. The van der Waals surface area contributed by atoms with Crippen LogP contribution in [0.3, 0.4) is 0 Å². The van der Waals surface area contributed by atoms with Crippen molar-refractivity contribution in [2.75, 3.05) is 13.6 Å². The molecule has 1 nitrogen and oxygen atoms in total. The Morgan fingerprint density at radius 1 is 1.16 bits per heavy atom. The molecular formula is C18H27N. The molecule has 0 radical (unpaired) electrons. The summed E-state index contributed by atoms with van der Waals surface area (Å²) >= 11 is 0. The van der Waals surface area contributed by atoms with E-state index in [0.29, 0.717) is 0 Å². The number of benzene rings is 1. The van der Waals surface area contributed by atoms with E-state index in [9.17, 15) is 0 Å². The Labute approximate surface area is 118 Å². The van der Waals surface area contributed by atoms with Crippen molar-refractivity contribution in [1.82, 2.24) is 5.32 Å². The highest BCUT2D eigenvalue weighted by Crippen LogP contribution is 2.30. The van der Waals surface area contributed by atoms with Crippen LogP contribution < -0.4 is 5.32 Å². The van der Waals surface area contributed by atoms with E-state index in [2.05, 4.69) is 49.6 Å².